The van der Waals surface area contributed by atoms with Crippen LogP contribution in [0.1, 0.15) is 30.3 Å². The predicted molar refractivity (Wildman–Crippen MR) is 94.7 cm³/mol. The molecule has 0 amide bonds. The van der Waals surface area contributed by atoms with Gasteiger partial charge in [0, 0.05) is 31.6 Å². The Morgan fingerprint density at radius 1 is 1.32 bits per heavy atom. The number of rotatable bonds is 5. The van der Waals surface area contributed by atoms with Crippen molar-refractivity contribution in [3.8, 4) is 5.88 Å². The molecule has 0 spiro atoms. The standard InChI is InChI=1S/C16H18Cl2N4O3/c1-2-24-16(23)14-15(20-21-19-14)25-11-5-7-22(8-6-11)10-3-4-12(17)13(18)9-10/h3-4,9,11H,2,5-8H2,1H3,(H,19,20,21). The number of carbonyl (C=O) groups is 1. The van der Waals surface area contributed by atoms with Crippen LogP contribution in [0.15, 0.2) is 18.2 Å². The summed E-state index contributed by atoms with van der Waals surface area (Å²) in [5.74, 6) is -0.331. The molecule has 3 rings (SSSR count). The van der Waals surface area contributed by atoms with Gasteiger partial charge in [-0.25, -0.2) is 9.89 Å². The van der Waals surface area contributed by atoms with E-state index in [-0.39, 0.29) is 24.3 Å². The van der Waals surface area contributed by atoms with Crippen LogP contribution in [0.2, 0.25) is 10.0 Å². The molecule has 2 aromatic rings. The minimum atomic E-state index is -0.518. The second-order valence-corrected chi connectivity index (χ2v) is 6.43. The van der Waals surface area contributed by atoms with Gasteiger partial charge in [-0.15, -0.1) is 0 Å². The second-order valence-electron chi connectivity index (χ2n) is 5.62. The van der Waals surface area contributed by atoms with Crippen molar-refractivity contribution in [3.63, 3.8) is 0 Å². The van der Waals surface area contributed by atoms with Crippen LogP contribution >= 0.6 is 23.2 Å². The topological polar surface area (TPSA) is 80.3 Å². The van der Waals surface area contributed by atoms with E-state index in [0.717, 1.165) is 31.6 Å². The normalized spacial score (nSPS) is 15.2. The summed E-state index contributed by atoms with van der Waals surface area (Å²) in [6.45, 7) is 3.62. The summed E-state index contributed by atoms with van der Waals surface area (Å²) in [6.07, 6.45) is 1.53. The molecule has 1 aromatic carbocycles. The third-order valence-corrected chi connectivity index (χ3v) is 4.72. The highest BCUT2D eigenvalue weighted by Gasteiger charge is 2.25. The zero-order chi connectivity index (χ0) is 17.8. The van der Waals surface area contributed by atoms with Crippen LogP contribution in [-0.2, 0) is 4.74 Å². The van der Waals surface area contributed by atoms with Crippen LogP contribution in [0, 0.1) is 0 Å². The van der Waals surface area contributed by atoms with E-state index in [1.165, 1.54) is 0 Å². The summed E-state index contributed by atoms with van der Waals surface area (Å²) >= 11 is 12.0. The van der Waals surface area contributed by atoms with Gasteiger partial charge in [-0.3, -0.25) is 0 Å². The number of carbonyl (C=O) groups excluding carboxylic acids is 1. The van der Waals surface area contributed by atoms with E-state index >= 15 is 0 Å². The first kappa shape index (κ1) is 17.8. The maximum Gasteiger partial charge on any atom is 0.362 e. The van der Waals surface area contributed by atoms with Crippen molar-refractivity contribution in [2.24, 2.45) is 0 Å². The molecule has 0 unspecified atom stereocenters. The number of ether oxygens (including phenoxy) is 2. The quantitative estimate of drug-likeness (QED) is 0.796. The van der Waals surface area contributed by atoms with Crippen LogP contribution in [0.4, 0.5) is 5.69 Å². The molecule has 1 aromatic heterocycles. The number of esters is 1. The number of aromatic nitrogens is 3. The van der Waals surface area contributed by atoms with Gasteiger partial charge >= 0.3 is 5.97 Å². The minimum absolute atomic E-state index is 0.0442. The number of nitrogens with one attached hydrogen (secondary N) is 1. The highest BCUT2D eigenvalue weighted by Crippen LogP contribution is 2.29. The number of H-pyrrole nitrogens is 1. The summed E-state index contributed by atoms with van der Waals surface area (Å²) in [5.41, 5.74) is 1.18. The smallest absolute Gasteiger partial charge is 0.362 e. The first-order chi connectivity index (χ1) is 12.1. The van der Waals surface area contributed by atoms with E-state index in [1.54, 1.807) is 13.0 Å². The summed E-state index contributed by atoms with van der Waals surface area (Å²) in [4.78, 5) is 14.0. The average molecular weight is 385 g/mol. The minimum Gasteiger partial charge on any atom is -0.471 e. The zero-order valence-corrected chi connectivity index (χ0v) is 15.2. The fraction of sp³-hybridized carbons (Fsp3) is 0.438. The third-order valence-electron chi connectivity index (χ3n) is 3.98. The number of aromatic amines is 1. The summed E-state index contributed by atoms with van der Waals surface area (Å²) in [7, 11) is 0. The Labute approximate surface area is 155 Å². The molecule has 9 heteroatoms. The lowest BCUT2D eigenvalue weighted by atomic mass is 10.1. The molecule has 1 N–H and O–H groups in total. The van der Waals surface area contributed by atoms with E-state index in [1.807, 2.05) is 12.1 Å². The summed E-state index contributed by atoms with van der Waals surface area (Å²) in [6, 6.07) is 5.61. The molecule has 1 aliphatic rings. The third kappa shape index (κ3) is 4.16. The average Bonchev–Trinajstić information content (AvgIpc) is 3.06. The predicted octanol–water partition coefficient (Wildman–Crippen LogP) is 3.34. The molecule has 7 nitrogen and oxygen atoms in total. The van der Waals surface area contributed by atoms with Crippen LogP contribution < -0.4 is 9.64 Å². The van der Waals surface area contributed by atoms with Gasteiger partial charge in [-0.05, 0) is 25.1 Å². The lowest BCUT2D eigenvalue weighted by Gasteiger charge is -2.33. The number of hydrogen-bond donors (Lipinski definition) is 1. The fourth-order valence-corrected chi connectivity index (χ4v) is 3.00. The molecule has 0 aliphatic carbocycles. The van der Waals surface area contributed by atoms with Crippen LogP contribution in [0.25, 0.3) is 0 Å². The highest BCUT2D eigenvalue weighted by atomic mass is 35.5. The fourth-order valence-electron chi connectivity index (χ4n) is 2.71. The maximum atomic E-state index is 11.8. The Hall–Kier alpha value is -1.99. The lowest BCUT2D eigenvalue weighted by Crippen LogP contribution is -2.38. The van der Waals surface area contributed by atoms with E-state index in [2.05, 4.69) is 20.3 Å². The van der Waals surface area contributed by atoms with Gasteiger partial charge in [0.05, 0.1) is 16.7 Å². The zero-order valence-electron chi connectivity index (χ0n) is 13.7. The number of hydrogen-bond acceptors (Lipinski definition) is 6. The van der Waals surface area contributed by atoms with E-state index < -0.39 is 5.97 Å². The molecule has 1 saturated heterocycles. The number of halogens is 2. The van der Waals surface area contributed by atoms with Crippen molar-refractivity contribution in [1.29, 1.82) is 0 Å². The number of nitrogens with zero attached hydrogens (tertiary/aromatic N) is 3. The molecule has 1 aliphatic heterocycles. The Kier molecular flexibility index (Phi) is 5.65. The Bertz CT molecular complexity index is 745. The van der Waals surface area contributed by atoms with E-state index in [0.29, 0.717) is 10.0 Å². The molecular formula is C16H18Cl2N4O3. The Balaban J connectivity index is 1.59. The van der Waals surface area contributed by atoms with Gasteiger partial charge in [0.1, 0.15) is 6.10 Å². The first-order valence-corrected chi connectivity index (χ1v) is 8.79. The molecule has 25 heavy (non-hydrogen) atoms. The molecule has 0 bridgehead atoms. The van der Waals surface area contributed by atoms with Gasteiger partial charge in [0.15, 0.2) is 0 Å². The Morgan fingerprint density at radius 3 is 2.76 bits per heavy atom. The van der Waals surface area contributed by atoms with Crippen molar-refractivity contribution in [2.45, 2.75) is 25.9 Å². The SMILES string of the molecule is CCOC(=O)c1[nH]nnc1OC1CCN(c2ccc(Cl)c(Cl)c2)CC1. The molecular weight excluding hydrogens is 367 g/mol. The van der Waals surface area contributed by atoms with E-state index in [4.69, 9.17) is 32.7 Å². The molecule has 0 radical (unpaired) electrons. The lowest BCUT2D eigenvalue weighted by molar-refractivity contribution is 0.0510. The van der Waals surface area contributed by atoms with Crippen LogP contribution in [0.3, 0.4) is 0 Å². The molecule has 2 heterocycles. The highest BCUT2D eigenvalue weighted by molar-refractivity contribution is 6.42. The van der Waals surface area contributed by atoms with Gasteiger partial charge < -0.3 is 14.4 Å². The molecule has 1 fully saturated rings. The van der Waals surface area contributed by atoms with Crippen molar-refractivity contribution in [3.05, 3.63) is 33.9 Å². The molecule has 134 valence electrons. The second kappa shape index (κ2) is 7.93. The van der Waals surface area contributed by atoms with Gasteiger partial charge in [-0.2, -0.15) is 0 Å². The van der Waals surface area contributed by atoms with Gasteiger partial charge in [-0.1, -0.05) is 33.5 Å². The van der Waals surface area contributed by atoms with Crippen molar-refractivity contribution < 1.29 is 14.3 Å². The Morgan fingerprint density at radius 2 is 2.08 bits per heavy atom. The molecule has 0 atom stereocenters. The summed E-state index contributed by atoms with van der Waals surface area (Å²) in [5, 5.41) is 11.1. The van der Waals surface area contributed by atoms with Gasteiger partial charge in [0.25, 0.3) is 5.88 Å². The van der Waals surface area contributed by atoms with Gasteiger partial charge in [0.2, 0.25) is 5.69 Å². The van der Waals surface area contributed by atoms with Crippen molar-refractivity contribution in [1.82, 2.24) is 15.4 Å². The first-order valence-electron chi connectivity index (χ1n) is 8.03. The number of benzene rings is 1. The van der Waals surface area contributed by atoms with Crippen molar-refractivity contribution in [2.75, 3.05) is 24.6 Å². The summed E-state index contributed by atoms with van der Waals surface area (Å²) < 4.78 is 10.8. The van der Waals surface area contributed by atoms with Crippen molar-refractivity contribution >= 4 is 34.9 Å². The monoisotopic (exact) mass is 384 g/mol. The maximum absolute atomic E-state index is 11.8. The molecule has 0 saturated carbocycles. The van der Waals surface area contributed by atoms with Crippen LogP contribution in [0.5, 0.6) is 5.88 Å². The van der Waals surface area contributed by atoms with E-state index in [9.17, 15) is 4.79 Å². The van der Waals surface area contributed by atoms with Crippen LogP contribution in [-0.4, -0.2) is 47.2 Å². The number of anilines is 1. The number of piperidine rings is 1. The largest absolute Gasteiger partial charge is 0.471 e.